The number of rotatable bonds is 4. The van der Waals surface area contributed by atoms with E-state index in [0.29, 0.717) is 15.7 Å². The molecule has 0 radical (unpaired) electrons. The highest BCUT2D eigenvalue weighted by atomic mass is 32.1. The van der Waals surface area contributed by atoms with Crippen LogP contribution in [0.25, 0.3) is 23.6 Å². The SMILES string of the molecule is C=c1[nH]c(=O)/c(=C/c2cccc3c2ccn3CC(N)c2ccccc2)s1. The Hall–Kier alpha value is -2.89. The monoisotopic (exact) mass is 361 g/mol. The van der Waals surface area contributed by atoms with Gasteiger partial charge >= 0.3 is 0 Å². The number of H-pyrrole nitrogens is 1. The minimum Gasteiger partial charge on any atom is -0.346 e. The highest BCUT2D eigenvalue weighted by molar-refractivity contribution is 7.07. The van der Waals surface area contributed by atoms with Gasteiger partial charge in [0.15, 0.2) is 0 Å². The molecule has 0 aliphatic rings. The number of aromatic amines is 1. The second-order valence-corrected chi connectivity index (χ2v) is 7.39. The van der Waals surface area contributed by atoms with Crippen LogP contribution in [0, 0.1) is 0 Å². The molecule has 0 spiro atoms. The first-order chi connectivity index (χ1) is 12.6. The summed E-state index contributed by atoms with van der Waals surface area (Å²) in [5.74, 6) is 0. The third-order valence-corrected chi connectivity index (χ3v) is 5.34. The average Bonchev–Trinajstić information content (AvgIpc) is 3.19. The maximum Gasteiger partial charge on any atom is 0.266 e. The van der Waals surface area contributed by atoms with Crippen molar-refractivity contribution in [3.8, 4) is 0 Å². The van der Waals surface area contributed by atoms with E-state index in [0.717, 1.165) is 22.0 Å². The molecular weight excluding hydrogens is 342 g/mol. The van der Waals surface area contributed by atoms with Crippen LogP contribution in [0.3, 0.4) is 0 Å². The maximum absolute atomic E-state index is 11.9. The molecule has 4 nitrogen and oxygen atoms in total. The lowest BCUT2D eigenvalue weighted by Crippen LogP contribution is -2.19. The van der Waals surface area contributed by atoms with Crippen molar-refractivity contribution in [3.05, 3.63) is 91.5 Å². The largest absolute Gasteiger partial charge is 0.346 e. The number of benzene rings is 2. The van der Waals surface area contributed by atoms with Gasteiger partial charge < -0.3 is 15.3 Å². The van der Waals surface area contributed by atoms with Crippen molar-refractivity contribution >= 4 is 34.9 Å². The lowest BCUT2D eigenvalue weighted by atomic mass is 10.1. The Morgan fingerprint density at radius 3 is 2.69 bits per heavy atom. The van der Waals surface area contributed by atoms with Crippen LogP contribution in [0.2, 0.25) is 0 Å². The van der Waals surface area contributed by atoms with Gasteiger partial charge in [-0.25, -0.2) is 0 Å². The minimum atomic E-state index is -0.0949. The van der Waals surface area contributed by atoms with Gasteiger partial charge in [0.05, 0.1) is 9.20 Å². The lowest BCUT2D eigenvalue weighted by molar-refractivity contribution is 0.592. The normalized spacial score (nSPS) is 13.3. The predicted molar refractivity (Wildman–Crippen MR) is 109 cm³/mol. The summed E-state index contributed by atoms with van der Waals surface area (Å²) in [5.41, 5.74) is 9.52. The van der Waals surface area contributed by atoms with Crippen molar-refractivity contribution in [2.24, 2.45) is 5.73 Å². The standard InChI is InChI=1S/C21H19N3OS/c1-14-23-21(25)20(26-14)12-16-8-5-9-19-17(16)10-11-24(19)13-18(22)15-6-3-2-4-7-15/h2-12,18H,1,13,22H2,(H,23,25)/b20-12-. The first-order valence-corrected chi connectivity index (χ1v) is 9.21. The molecule has 0 amide bonds. The average molecular weight is 361 g/mol. The fourth-order valence-electron chi connectivity index (χ4n) is 3.18. The van der Waals surface area contributed by atoms with Crippen molar-refractivity contribution < 1.29 is 0 Å². The number of fused-ring (bicyclic) bond motifs is 1. The molecule has 4 rings (SSSR count). The van der Waals surface area contributed by atoms with Crippen LogP contribution < -0.4 is 20.5 Å². The Morgan fingerprint density at radius 1 is 1.15 bits per heavy atom. The summed E-state index contributed by atoms with van der Waals surface area (Å²) in [4.78, 5) is 14.7. The van der Waals surface area contributed by atoms with E-state index in [1.165, 1.54) is 11.3 Å². The third kappa shape index (κ3) is 3.14. The summed E-state index contributed by atoms with van der Waals surface area (Å²) in [6, 6.07) is 18.2. The molecule has 130 valence electrons. The van der Waals surface area contributed by atoms with Gasteiger partial charge in [-0.2, -0.15) is 0 Å². The Bertz CT molecular complexity index is 1220. The van der Waals surface area contributed by atoms with E-state index in [1.54, 1.807) is 0 Å². The molecule has 2 aromatic heterocycles. The number of thiazole rings is 1. The van der Waals surface area contributed by atoms with Crippen LogP contribution in [-0.2, 0) is 6.54 Å². The smallest absolute Gasteiger partial charge is 0.266 e. The van der Waals surface area contributed by atoms with Crippen molar-refractivity contribution in [3.63, 3.8) is 0 Å². The van der Waals surface area contributed by atoms with Crippen LogP contribution in [0.5, 0.6) is 0 Å². The highest BCUT2D eigenvalue weighted by Gasteiger charge is 2.10. The fourth-order valence-corrected chi connectivity index (χ4v) is 3.92. The number of nitrogens with one attached hydrogen (secondary N) is 1. The summed E-state index contributed by atoms with van der Waals surface area (Å²) >= 11 is 1.37. The molecule has 0 bridgehead atoms. The van der Waals surface area contributed by atoms with Crippen LogP contribution >= 0.6 is 11.3 Å². The van der Waals surface area contributed by atoms with Crippen molar-refractivity contribution in [2.75, 3.05) is 0 Å². The number of nitrogens with two attached hydrogens (primary N) is 1. The van der Waals surface area contributed by atoms with E-state index in [2.05, 4.69) is 46.6 Å². The summed E-state index contributed by atoms with van der Waals surface area (Å²) in [6.07, 6.45) is 3.97. The minimum absolute atomic E-state index is 0.0756. The van der Waals surface area contributed by atoms with Gasteiger partial charge in [-0.1, -0.05) is 49.0 Å². The topological polar surface area (TPSA) is 63.8 Å². The van der Waals surface area contributed by atoms with E-state index in [4.69, 9.17) is 5.73 Å². The summed E-state index contributed by atoms with van der Waals surface area (Å²) in [6.45, 7) is 4.49. The van der Waals surface area contributed by atoms with Crippen molar-refractivity contribution in [2.45, 2.75) is 12.6 Å². The fraction of sp³-hybridized carbons (Fsp3) is 0.0952. The van der Waals surface area contributed by atoms with Gasteiger partial charge in [-0.3, -0.25) is 4.79 Å². The zero-order valence-electron chi connectivity index (χ0n) is 14.2. The molecule has 0 fully saturated rings. The molecule has 0 aliphatic heterocycles. The Morgan fingerprint density at radius 2 is 1.96 bits per heavy atom. The summed E-state index contributed by atoms with van der Waals surface area (Å²) in [5, 5.41) is 1.10. The molecule has 1 atom stereocenters. The molecular formula is C21H19N3OS. The van der Waals surface area contributed by atoms with E-state index in [9.17, 15) is 4.79 Å². The first-order valence-electron chi connectivity index (χ1n) is 8.40. The summed E-state index contributed by atoms with van der Waals surface area (Å²) < 4.78 is 3.49. The molecule has 1 unspecified atom stereocenters. The zero-order valence-corrected chi connectivity index (χ0v) is 15.0. The second kappa shape index (κ2) is 6.78. The number of hydrogen-bond donors (Lipinski definition) is 2. The highest BCUT2D eigenvalue weighted by Crippen LogP contribution is 2.23. The lowest BCUT2D eigenvalue weighted by Gasteiger charge is -2.14. The molecule has 5 heteroatoms. The van der Waals surface area contributed by atoms with Crippen molar-refractivity contribution in [1.82, 2.24) is 9.55 Å². The second-order valence-electron chi connectivity index (χ2n) is 6.25. The van der Waals surface area contributed by atoms with Gasteiger partial charge in [0.2, 0.25) is 0 Å². The Balaban J connectivity index is 1.74. The van der Waals surface area contributed by atoms with E-state index >= 15 is 0 Å². The molecule has 4 aromatic rings. The predicted octanol–water partition coefficient (Wildman–Crippen LogP) is 2.33. The van der Waals surface area contributed by atoms with Crippen LogP contribution in [0.1, 0.15) is 17.2 Å². The van der Waals surface area contributed by atoms with Crippen LogP contribution in [0.4, 0.5) is 0 Å². The summed E-state index contributed by atoms with van der Waals surface area (Å²) in [7, 11) is 0. The molecule has 0 aliphatic carbocycles. The van der Waals surface area contributed by atoms with Crippen LogP contribution in [-0.4, -0.2) is 9.55 Å². The number of nitrogens with zero attached hydrogens (tertiary/aromatic N) is 1. The van der Waals surface area contributed by atoms with E-state index in [1.807, 2.05) is 36.4 Å². The first kappa shape index (κ1) is 16.6. The molecule has 26 heavy (non-hydrogen) atoms. The molecule has 0 saturated heterocycles. The zero-order chi connectivity index (χ0) is 18.1. The van der Waals surface area contributed by atoms with E-state index < -0.39 is 0 Å². The van der Waals surface area contributed by atoms with Gasteiger partial charge in [-0.15, -0.1) is 11.3 Å². The van der Waals surface area contributed by atoms with Crippen LogP contribution in [0.15, 0.2) is 65.6 Å². The molecule has 2 aromatic carbocycles. The third-order valence-electron chi connectivity index (χ3n) is 4.47. The molecule has 0 saturated carbocycles. The van der Waals surface area contributed by atoms with E-state index in [-0.39, 0.29) is 11.6 Å². The Kier molecular flexibility index (Phi) is 4.32. The number of hydrogen-bond acceptors (Lipinski definition) is 3. The van der Waals surface area contributed by atoms with Gasteiger partial charge in [0.25, 0.3) is 5.56 Å². The van der Waals surface area contributed by atoms with Crippen molar-refractivity contribution in [1.29, 1.82) is 0 Å². The molecule has 3 N–H and O–H groups in total. The van der Waals surface area contributed by atoms with Gasteiger partial charge in [-0.05, 0) is 29.3 Å². The molecule has 2 heterocycles. The maximum atomic E-state index is 11.9. The Labute approximate surface area is 154 Å². The van der Waals surface area contributed by atoms with Gasteiger partial charge in [0.1, 0.15) is 0 Å². The number of aromatic nitrogens is 2. The quantitative estimate of drug-likeness (QED) is 0.586. The van der Waals surface area contributed by atoms with Gasteiger partial charge in [0, 0.05) is 29.7 Å².